The van der Waals surface area contributed by atoms with E-state index in [1.54, 1.807) is 0 Å². The monoisotopic (exact) mass is 210 g/mol. The second-order valence-corrected chi connectivity index (χ2v) is 5.07. The molecule has 2 heteroatoms. The largest absolute Gasteiger partial charge is 0.347 e. The zero-order valence-corrected chi connectivity index (χ0v) is 9.87. The van der Waals surface area contributed by atoms with Crippen LogP contribution in [0.1, 0.15) is 46.0 Å². The first kappa shape index (κ1) is 11.2. The normalized spacial score (nSPS) is 30.7. The van der Waals surface area contributed by atoms with E-state index < -0.39 is 0 Å². The quantitative estimate of drug-likeness (QED) is 0.651. The Morgan fingerprint density at radius 1 is 1.20 bits per heavy atom. The van der Waals surface area contributed by atoms with Crippen molar-refractivity contribution in [1.29, 1.82) is 0 Å². The maximum absolute atomic E-state index is 6.03. The highest BCUT2D eigenvalue weighted by molar-refractivity contribution is 4.96. The lowest BCUT2D eigenvalue weighted by atomic mass is 9.94. The van der Waals surface area contributed by atoms with E-state index in [2.05, 4.69) is 26.0 Å². The van der Waals surface area contributed by atoms with Crippen LogP contribution in [0, 0.1) is 5.92 Å². The lowest BCUT2D eigenvalue weighted by molar-refractivity contribution is -0.182. The first-order chi connectivity index (χ1) is 7.20. The molecule has 86 valence electrons. The van der Waals surface area contributed by atoms with Crippen molar-refractivity contribution in [2.45, 2.75) is 57.8 Å². The summed E-state index contributed by atoms with van der Waals surface area (Å²) in [6.07, 6.45) is 10.6. The van der Waals surface area contributed by atoms with Gasteiger partial charge in [-0.15, -0.1) is 0 Å². The van der Waals surface area contributed by atoms with Gasteiger partial charge in [-0.25, -0.2) is 0 Å². The minimum atomic E-state index is -0.218. The molecule has 1 saturated heterocycles. The summed E-state index contributed by atoms with van der Waals surface area (Å²) in [5, 5.41) is 0. The molecule has 1 saturated carbocycles. The Bertz CT molecular complexity index is 227. The maximum Gasteiger partial charge on any atom is 0.169 e. The van der Waals surface area contributed by atoms with E-state index in [4.69, 9.17) is 9.47 Å². The van der Waals surface area contributed by atoms with E-state index in [-0.39, 0.29) is 11.9 Å². The minimum Gasteiger partial charge on any atom is -0.347 e. The predicted octanol–water partition coefficient (Wildman–Crippen LogP) is 3.27. The first-order valence-electron chi connectivity index (χ1n) is 6.20. The van der Waals surface area contributed by atoms with E-state index in [0.717, 1.165) is 19.4 Å². The molecule has 15 heavy (non-hydrogen) atoms. The second-order valence-electron chi connectivity index (χ2n) is 5.07. The molecule has 2 fully saturated rings. The van der Waals surface area contributed by atoms with Crippen molar-refractivity contribution in [3.8, 4) is 0 Å². The van der Waals surface area contributed by atoms with Crippen LogP contribution in [0.25, 0.3) is 0 Å². The van der Waals surface area contributed by atoms with Crippen LogP contribution in [0.4, 0.5) is 0 Å². The Labute approximate surface area is 92.6 Å². The molecule has 0 amide bonds. The van der Waals surface area contributed by atoms with Crippen molar-refractivity contribution in [2.75, 3.05) is 6.61 Å². The lowest BCUT2D eigenvalue weighted by Gasteiger charge is -2.31. The summed E-state index contributed by atoms with van der Waals surface area (Å²) in [6.45, 7) is 5.11. The number of hydrogen-bond donors (Lipinski definition) is 0. The summed E-state index contributed by atoms with van der Waals surface area (Å²) in [4.78, 5) is 0. The van der Waals surface area contributed by atoms with Gasteiger partial charge in [-0.3, -0.25) is 0 Å². The molecule has 0 aromatic heterocycles. The Morgan fingerprint density at radius 2 is 1.93 bits per heavy atom. The van der Waals surface area contributed by atoms with E-state index in [1.807, 2.05) is 0 Å². The molecule has 1 heterocycles. The number of rotatable bonds is 2. The molecule has 1 aliphatic heterocycles. The van der Waals surface area contributed by atoms with Crippen LogP contribution in [0.5, 0.6) is 0 Å². The first-order valence-corrected chi connectivity index (χ1v) is 6.20. The highest BCUT2D eigenvalue weighted by atomic mass is 16.7. The molecule has 0 aromatic carbocycles. The molecule has 1 atom stereocenters. The van der Waals surface area contributed by atoms with Crippen molar-refractivity contribution in [3.05, 3.63) is 12.2 Å². The fourth-order valence-electron chi connectivity index (χ4n) is 2.37. The molecule has 0 unspecified atom stereocenters. The molecule has 0 radical (unpaired) electrons. The van der Waals surface area contributed by atoms with Crippen LogP contribution < -0.4 is 0 Å². The molecule has 2 nitrogen and oxygen atoms in total. The van der Waals surface area contributed by atoms with Crippen LogP contribution in [0.15, 0.2) is 12.2 Å². The fraction of sp³-hybridized carbons (Fsp3) is 0.846. The van der Waals surface area contributed by atoms with E-state index in [0.29, 0.717) is 5.92 Å². The van der Waals surface area contributed by atoms with Crippen molar-refractivity contribution >= 4 is 0 Å². The van der Waals surface area contributed by atoms with E-state index in [9.17, 15) is 0 Å². The third kappa shape index (κ3) is 2.82. The third-order valence-electron chi connectivity index (χ3n) is 3.20. The standard InChI is InChI=1S/C13H22O2/c1-11(2)6-7-12-10-14-13(15-12)8-4-3-5-9-13/h6-7,11-12H,3-5,8-10H2,1-2H3/b7-6-/t12-/m0/s1. The van der Waals surface area contributed by atoms with Gasteiger partial charge in [0.05, 0.1) is 6.61 Å². The van der Waals surface area contributed by atoms with Gasteiger partial charge in [-0.1, -0.05) is 32.4 Å². The van der Waals surface area contributed by atoms with Gasteiger partial charge < -0.3 is 9.47 Å². The number of hydrogen-bond acceptors (Lipinski definition) is 2. The Hall–Kier alpha value is -0.340. The highest BCUT2D eigenvalue weighted by Crippen LogP contribution is 2.37. The highest BCUT2D eigenvalue weighted by Gasteiger charge is 2.41. The summed E-state index contributed by atoms with van der Waals surface area (Å²) < 4.78 is 11.9. The predicted molar refractivity (Wildman–Crippen MR) is 60.6 cm³/mol. The van der Waals surface area contributed by atoms with Gasteiger partial charge >= 0.3 is 0 Å². The lowest BCUT2D eigenvalue weighted by Crippen LogP contribution is -2.33. The molecule has 1 spiro atoms. The summed E-state index contributed by atoms with van der Waals surface area (Å²) in [6, 6.07) is 0. The number of allylic oxidation sites excluding steroid dienone is 1. The van der Waals surface area contributed by atoms with Crippen molar-refractivity contribution in [2.24, 2.45) is 5.92 Å². The molecule has 2 aliphatic rings. The molecular weight excluding hydrogens is 188 g/mol. The molecule has 0 N–H and O–H groups in total. The topological polar surface area (TPSA) is 18.5 Å². The molecule has 0 aromatic rings. The van der Waals surface area contributed by atoms with Gasteiger partial charge in [-0.05, 0) is 18.8 Å². The Morgan fingerprint density at radius 3 is 2.60 bits per heavy atom. The minimum absolute atomic E-state index is 0.186. The van der Waals surface area contributed by atoms with Crippen molar-refractivity contribution in [3.63, 3.8) is 0 Å². The summed E-state index contributed by atoms with van der Waals surface area (Å²) in [7, 11) is 0. The summed E-state index contributed by atoms with van der Waals surface area (Å²) in [5.74, 6) is 0.376. The van der Waals surface area contributed by atoms with Gasteiger partial charge in [0, 0.05) is 12.8 Å². The van der Waals surface area contributed by atoms with Gasteiger partial charge in [-0.2, -0.15) is 0 Å². The summed E-state index contributed by atoms with van der Waals surface area (Å²) >= 11 is 0. The van der Waals surface area contributed by atoms with Crippen molar-refractivity contribution in [1.82, 2.24) is 0 Å². The van der Waals surface area contributed by atoms with Gasteiger partial charge in [0.25, 0.3) is 0 Å². The molecule has 2 rings (SSSR count). The van der Waals surface area contributed by atoms with Crippen LogP contribution in [-0.4, -0.2) is 18.5 Å². The van der Waals surface area contributed by atoms with Crippen LogP contribution in [0.3, 0.4) is 0 Å². The summed E-state index contributed by atoms with van der Waals surface area (Å²) in [5.41, 5.74) is 0. The third-order valence-corrected chi connectivity index (χ3v) is 3.20. The average Bonchev–Trinajstić information content (AvgIpc) is 2.60. The molecule has 0 bridgehead atoms. The number of ether oxygens (including phenoxy) is 2. The molecular formula is C13H22O2. The van der Waals surface area contributed by atoms with Crippen LogP contribution in [0.2, 0.25) is 0 Å². The van der Waals surface area contributed by atoms with Crippen LogP contribution >= 0.6 is 0 Å². The molecule has 1 aliphatic carbocycles. The van der Waals surface area contributed by atoms with Crippen molar-refractivity contribution < 1.29 is 9.47 Å². The zero-order chi connectivity index (χ0) is 10.7. The van der Waals surface area contributed by atoms with Crippen LogP contribution in [-0.2, 0) is 9.47 Å². The van der Waals surface area contributed by atoms with E-state index >= 15 is 0 Å². The SMILES string of the molecule is CC(C)/C=C\[C@H]1COC2(CCCCC2)O1. The smallest absolute Gasteiger partial charge is 0.169 e. The Balaban J connectivity index is 1.88. The van der Waals surface area contributed by atoms with Gasteiger partial charge in [0.1, 0.15) is 6.10 Å². The van der Waals surface area contributed by atoms with Gasteiger partial charge in [0.2, 0.25) is 0 Å². The maximum atomic E-state index is 6.03. The van der Waals surface area contributed by atoms with E-state index in [1.165, 1.54) is 19.3 Å². The Kier molecular flexibility index (Phi) is 3.47. The zero-order valence-electron chi connectivity index (χ0n) is 9.87. The fourth-order valence-corrected chi connectivity index (χ4v) is 2.37. The van der Waals surface area contributed by atoms with Gasteiger partial charge in [0.15, 0.2) is 5.79 Å². The second kappa shape index (κ2) is 4.67. The average molecular weight is 210 g/mol.